The zero-order valence-corrected chi connectivity index (χ0v) is 37.8. The molecule has 7 aromatic rings. The molecule has 0 aliphatic heterocycles. The Morgan fingerprint density at radius 2 is 0.868 bits per heavy atom. The summed E-state index contributed by atoms with van der Waals surface area (Å²) >= 11 is 0. The summed E-state index contributed by atoms with van der Waals surface area (Å²) in [6.07, 6.45) is 0. The van der Waals surface area contributed by atoms with Crippen molar-refractivity contribution in [1.82, 2.24) is 0 Å². The van der Waals surface area contributed by atoms with Gasteiger partial charge < -0.3 is 48.5 Å². The van der Waals surface area contributed by atoms with E-state index in [0.717, 1.165) is 11.1 Å². The second-order valence-electron chi connectivity index (χ2n) is 15.5. The lowest BCUT2D eigenvalue weighted by molar-refractivity contribution is 0.0683. The van der Waals surface area contributed by atoms with Gasteiger partial charge in [0.25, 0.3) is 0 Å². The molecule has 348 valence electrons. The van der Waals surface area contributed by atoms with Gasteiger partial charge in [0, 0.05) is 29.0 Å². The molecule has 0 aromatic heterocycles. The standard InChI is InChI=1S/C55H50O13/c1-34(36-11-7-5-8-12-36)46-33-48(55(60)61)52(68-49-32-43(24-26-45(49)54(58)59)67-30-28-65-41-21-17-39(63-4)18-22-41)50(35(2)37-13-9-6-10-14-37)51(46)47-31-42(23-25-44(47)53(56)57)66-29-27-64-40-19-15-38(62-3)16-20-40/h5-26,31-35H,27-30H2,1-4H3,(H,56,57)(H,58,59)(H,60,61). The van der Waals surface area contributed by atoms with Crippen molar-refractivity contribution in [2.45, 2.75) is 25.7 Å². The van der Waals surface area contributed by atoms with E-state index in [1.165, 1.54) is 30.3 Å². The van der Waals surface area contributed by atoms with Gasteiger partial charge in [0.15, 0.2) is 0 Å². The van der Waals surface area contributed by atoms with E-state index in [9.17, 15) is 29.7 Å². The fourth-order valence-corrected chi connectivity index (χ4v) is 7.81. The molecule has 3 N–H and O–H groups in total. The molecule has 0 radical (unpaired) electrons. The van der Waals surface area contributed by atoms with Crippen LogP contribution in [0.5, 0.6) is 46.0 Å². The minimum absolute atomic E-state index is 0.0642. The summed E-state index contributed by atoms with van der Waals surface area (Å²) < 4.78 is 41.0. The molecule has 2 atom stereocenters. The lowest BCUT2D eigenvalue weighted by Gasteiger charge is -2.29. The van der Waals surface area contributed by atoms with Crippen LogP contribution < -0.4 is 33.2 Å². The molecule has 0 aliphatic carbocycles. The van der Waals surface area contributed by atoms with Crippen molar-refractivity contribution >= 4 is 17.9 Å². The van der Waals surface area contributed by atoms with Crippen molar-refractivity contribution < 1.29 is 62.9 Å². The Bertz CT molecular complexity index is 2840. The maximum absolute atomic E-state index is 13.6. The van der Waals surface area contributed by atoms with Crippen LogP contribution in [0.15, 0.2) is 152 Å². The minimum Gasteiger partial charge on any atom is -0.497 e. The van der Waals surface area contributed by atoms with Gasteiger partial charge in [-0.1, -0.05) is 74.5 Å². The van der Waals surface area contributed by atoms with E-state index in [4.69, 9.17) is 33.2 Å². The Morgan fingerprint density at radius 3 is 1.34 bits per heavy atom. The van der Waals surface area contributed by atoms with E-state index in [1.807, 2.05) is 74.5 Å². The third kappa shape index (κ3) is 11.3. The van der Waals surface area contributed by atoms with Crippen molar-refractivity contribution in [3.05, 3.63) is 191 Å². The highest BCUT2D eigenvalue weighted by Gasteiger charge is 2.33. The third-order valence-corrected chi connectivity index (χ3v) is 11.3. The highest BCUT2D eigenvalue weighted by atomic mass is 16.5. The molecule has 0 heterocycles. The number of aromatic carboxylic acids is 3. The van der Waals surface area contributed by atoms with E-state index in [0.29, 0.717) is 45.4 Å². The normalized spacial score (nSPS) is 11.7. The zero-order chi connectivity index (χ0) is 48.2. The van der Waals surface area contributed by atoms with Crippen LogP contribution in [0.4, 0.5) is 0 Å². The zero-order valence-electron chi connectivity index (χ0n) is 37.8. The number of hydrogen-bond acceptors (Lipinski definition) is 10. The average molecular weight is 919 g/mol. The van der Waals surface area contributed by atoms with Crippen LogP contribution >= 0.6 is 0 Å². The van der Waals surface area contributed by atoms with E-state index < -0.39 is 29.7 Å². The fraction of sp³-hybridized carbons (Fsp3) is 0.182. The number of ether oxygens (including phenoxy) is 7. The van der Waals surface area contributed by atoms with Gasteiger partial charge in [-0.2, -0.15) is 0 Å². The van der Waals surface area contributed by atoms with Crippen molar-refractivity contribution in [2.75, 3.05) is 40.6 Å². The molecular weight excluding hydrogens is 869 g/mol. The molecule has 0 saturated carbocycles. The lowest BCUT2D eigenvalue weighted by atomic mass is 9.77. The van der Waals surface area contributed by atoms with Crippen LogP contribution in [0, 0.1) is 0 Å². The maximum atomic E-state index is 13.6. The Labute approximate surface area is 393 Å². The van der Waals surface area contributed by atoms with Crippen LogP contribution in [0.25, 0.3) is 11.1 Å². The molecule has 0 saturated heterocycles. The van der Waals surface area contributed by atoms with Crippen LogP contribution in [0.2, 0.25) is 0 Å². The first-order valence-corrected chi connectivity index (χ1v) is 21.7. The highest BCUT2D eigenvalue weighted by molar-refractivity contribution is 6.01. The largest absolute Gasteiger partial charge is 0.497 e. The quantitative estimate of drug-likeness (QED) is 0.0548. The van der Waals surface area contributed by atoms with E-state index in [-0.39, 0.29) is 65.9 Å². The number of hydrogen-bond donors (Lipinski definition) is 3. The monoisotopic (exact) mass is 918 g/mol. The molecule has 7 rings (SSSR count). The van der Waals surface area contributed by atoms with Gasteiger partial charge in [-0.25, -0.2) is 14.4 Å². The van der Waals surface area contributed by atoms with Gasteiger partial charge in [0.1, 0.15) is 83.6 Å². The minimum atomic E-state index is -1.36. The van der Waals surface area contributed by atoms with Crippen molar-refractivity contribution in [3.8, 4) is 57.1 Å². The van der Waals surface area contributed by atoms with Crippen LogP contribution in [0.3, 0.4) is 0 Å². The van der Waals surface area contributed by atoms with E-state index >= 15 is 0 Å². The van der Waals surface area contributed by atoms with Gasteiger partial charge in [-0.3, -0.25) is 0 Å². The summed E-state index contributed by atoms with van der Waals surface area (Å²) in [5.74, 6) is -2.44. The smallest absolute Gasteiger partial charge is 0.339 e. The van der Waals surface area contributed by atoms with E-state index in [1.54, 1.807) is 74.9 Å². The molecule has 0 fully saturated rings. The Morgan fingerprint density at radius 1 is 0.456 bits per heavy atom. The topological polar surface area (TPSA) is 177 Å². The fourth-order valence-electron chi connectivity index (χ4n) is 7.81. The van der Waals surface area contributed by atoms with Gasteiger partial charge in [0.2, 0.25) is 0 Å². The highest BCUT2D eigenvalue weighted by Crippen LogP contribution is 2.50. The molecule has 0 spiro atoms. The molecule has 13 nitrogen and oxygen atoms in total. The molecule has 7 aromatic carbocycles. The van der Waals surface area contributed by atoms with Gasteiger partial charge in [-0.15, -0.1) is 0 Å². The predicted octanol–water partition coefficient (Wildman–Crippen LogP) is 11.5. The predicted molar refractivity (Wildman–Crippen MR) is 255 cm³/mol. The van der Waals surface area contributed by atoms with Crippen LogP contribution in [0.1, 0.15) is 79.0 Å². The van der Waals surface area contributed by atoms with Gasteiger partial charge in [-0.05, 0) is 107 Å². The first kappa shape index (κ1) is 47.5. The second kappa shape index (κ2) is 22.2. The molecule has 0 bridgehead atoms. The molecule has 0 amide bonds. The van der Waals surface area contributed by atoms with Gasteiger partial charge >= 0.3 is 17.9 Å². The number of benzene rings is 7. The molecular formula is C55H50O13. The first-order chi connectivity index (χ1) is 32.9. The summed E-state index contributed by atoms with van der Waals surface area (Å²) in [5, 5.41) is 32.4. The molecule has 68 heavy (non-hydrogen) atoms. The molecule has 13 heteroatoms. The summed E-state index contributed by atoms with van der Waals surface area (Å²) in [6.45, 7) is 4.23. The second-order valence-corrected chi connectivity index (χ2v) is 15.5. The van der Waals surface area contributed by atoms with Crippen LogP contribution in [-0.4, -0.2) is 73.9 Å². The van der Waals surface area contributed by atoms with Crippen LogP contribution in [-0.2, 0) is 0 Å². The van der Waals surface area contributed by atoms with Crippen molar-refractivity contribution in [3.63, 3.8) is 0 Å². The molecule has 2 unspecified atom stereocenters. The van der Waals surface area contributed by atoms with Crippen molar-refractivity contribution in [2.24, 2.45) is 0 Å². The SMILES string of the molecule is COc1ccc(OCCOc2ccc(C(=O)O)c(Oc3c(C(=O)O)cc(C(C)c4ccccc4)c(-c4cc(OCCOc5ccc(OC)cc5)ccc4C(=O)O)c3C(C)c3ccccc3)c2)cc1. The Kier molecular flexibility index (Phi) is 15.5. The summed E-state index contributed by atoms with van der Waals surface area (Å²) in [4.78, 5) is 39.8. The third-order valence-electron chi connectivity index (χ3n) is 11.3. The summed E-state index contributed by atoms with van der Waals surface area (Å²) in [6, 6.07) is 43.1. The number of carboxylic acid groups (broad SMARTS) is 3. The Hall–Kier alpha value is -8.45. The molecule has 0 aliphatic rings. The number of methoxy groups -OCH3 is 2. The summed E-state index contributed by atoms with van der Waals surface area (Å²) in [7, 11) is 3.15. The van der Waals surface area contributed by atoms with E-state index in [2.05, 4.69) is 0 Å². The maximum Gasteiger partial charge on any atom is 0.339 e. The first-order valence-electron chi connectivity index (χ1n) is 21.7. The lowest BCUT2D eigenvalue weighted by Crippen LogP contribution is -2.15. The van der Waals surface area contributed by atoms with Gasteiger partial charge in [0.05, 0.1) is 19.8 Å². The average Bonchev–Trinajstić information content (AvgIpc) is 3.36. The number of rotatable bonds is 22. The van der Waals surface area contributed by atoms with Crippen molar-refractivity contribution in [1.29, 1.82) is 0 Å². The summed E-state index contributed by atoms with van der Waals surface area (Å²) in [5.41, 5.74) is 2.29. The number of carbonyl (C=O) groups is 3. The number of carboxylic acids is 3. The Balaban J connectivity index is 1.37.